The molecule has 5 rings (SSSR count). The van der Waals surface area contributed by atoms with E-state index >= 15 is 0 Å². The van der Waals surface area contributed by atoms with Gasteiger partial charge in [-0.3, -0.25) is 4.79 Å². The molecule has 0 fully saturated rings. The zero-order valence-corrected chi connectivity index (χ0v) is 18.8. The Bertz CT molecular complexity index is 1310. The minimum Gasteiger partial charge on any atom is -0.333 e. The molecule has 156 valence electrons. The van der Waals surface area contributed by atoms with Gasteiger partial charge in [0.1, 0.15) is 5.65 Å². The lowest BCUT2D eigenvalue weighted by atomic mass is 9.84. The molecule has 0 bridgehead atoms. The number of aryl methyl sites for hydroxylation is 1. The van der Waals surface area contributed by atoms with Gasteiger partial charge in [0.05, 0.1) is 10.9 Å². The van der Waals surface area contributed by atoms with Gasteiger partial charge in [0.25, 0.3) is 0 Å². The molecule has 31 heavy (non-hydrogen) atoms. The highest BCUT2D eigenvalue weighted by Gasteiger charge is 2.32. The zero-order chi connectivity index (χ0) is 21.5. The van der Waals surface area contributed by atoms with E-state index in [4.69, 9.17) is 11.6 Å². The van der Waals surface area contributed by atoms with Crippen LogP contribution in [0.2, 0.25) is 4.34 Å². The number of amides is 1. The normalized spacial score (nSPS) is 15.8. The molecule has 4 nitrogen and oxygen atoms in total. The minimum atomic E-state index is -0.0514. The number of benzene rings is 1. The van der Waals surface area contributed by atoms with Crippen LogP contribution < -0.4 is 0 Å². The molecule has 1 aliphatic rings. The molecule has 0 aliphatic carbocycles. The highest BCUT2D eigenvalue weighted by atomic mass is 35.5. The number of thiophene rings is 1. The van der Waals surface area contributed by atoms with Crippen LogP contribution >= 0.6 is 22.9 Å². The summed E-state index contributed by atoms with van der Waals surface area (Å²) >= 11 is 7.96. The molecule has 0 spiro atoms. The number of halogens is 1. The molecule has 0 saturated heterocycles. The Balaban J connectivity index is 1.70. The van der Waals surface area contributed by atoms with Crippen molar-refractivity contribution in [3.05, 3.63) is 87.9 Å². The van der Waals surface area contributed by atoms with Gasteiger partial charge in [-0.1, -0.05) is 42.4 Å². The van der Waals surface area contributed by atoms with Gasteiger partial charge in [0.2, 0.25) is 5.91 Å². The van der Waals surface area contributed by atoms with Crippen molar-refractivity contribution in [2.45, 2.75) is 25.9 Å². The summed E-state index contributed by atoms with van der Waals surface area (Å²) in [5.74, 6) is -0.00580. The maximum absolute atomic E-state index is 12.5. The third-order valence-corrected chi connectivity index (χ3v) is 7.28. The van der Waals surface area contributed by atoms with Crippen LogP contribution in [0.25, 0.3) is 22.2 Å². The Labute approximate surface area is 190 Å². The number of hydrogen-bond donors (Lipinski definition) is 0. The molecule has 1 aromatic carbocycles. The average molecular weight is 448 g/mol. The van der Waals surface area contributed by atoms with Gasteiger partial charge in [0, 0.05) is 47.2 Å². The third kappa shape index (κ3) is 3.38. The second kappa shape index (κ2) is 7.98. The maximum atomic E-state index is 12.5. The van der Waals surface area contributed by atoms with E-state index in [0.717, 1.165) is 32.4 Å². The van der Waals surface area contributed by atoms with Gasteiger partial charge in [-0.05, 0) is 47.9 Å². The topological polar surface area (TPSA) is 38.1 Å². The van der Waals surface area contributed by atoms with Crippen molar-refractivity contribution >= 4 is 39.9 Å². The monoisotopic (exact) mass is 447 g/mol. The number of aromatic nitrogens is 2. The van der Waals surface area contributed by atoms with E-state index in [1.54, 1.807) is 11.3 Å². The van der Waals surface area contributed by atoms with Crippen molar-refractivity contribution in [2.75, 3.05) is 6.54 Å². The average Bonchev–Trinajstić information content (AvgIpc) is 3.37. The van der Waals surface area contributed by atoms with Gasteiger partial charge >= 0.3 is 0 Å². The lowest BCUT2D eigenvalue weighted by Gasteiger charge is -2.33. The van der Waals surface area contributed by atoms with E-state index in [0.29, 0.717) is 13.1 Å². The first-order valence-corrected chi connectivity index (χ1v) is 11.5. The summed E-state index contributed by atoms with van der Waals surface area (Å²) in [5, 5.41) is 1.13. The summed E-state index contributed by atoms with van der Waals surface area (Å²) in [6.07, 6.45) is 5.42. The standard InChI is InChI=1S/C25H22ClN3OS/c1-3-24(30)29-14-21(19-12-23(26)31-22(19)15-29)17-9-6-5-8-16(17)20-13-28(4-2)25-18(20)10-7-11-27-25/h3,5-13,21H,1,4,14-15H2,2H3/t21-/m0/s1. The first-order chi connectivity index (χ1) is 15.1. The Morgan fingerprint density at radius 1 is 1.26 bits per heavy atom. The summed E-state index contributed by atoms with van der Waals surface area (Å²) in [6.45, 7) is 7.85. The number of pyridine rings is 1. The summed E-state index contributed by atoms with van der Waals surface area (Å²) < 4.78 is 2.94. The van der Waals surface area contributed by atoms with Crippen LogP contribution in [0.1, 0.15) is 28.8 Å². The zero-order valence-electron chi connectivity index (χ0n) is 17.2. The number of rotatable bonds is 4. The van der Waals surface area contributed by atoms with Crippen LogP contribution in [0.5, 0.6) is 0 Å². The molecule has 3 aromatic heterocycles. The van der Waals surface area contributed by atoms with Crippen molar-refractivity contribution in [2.24, 2.45) is 0 Å². The van der Waals surface area contributed by atoms with Crippen molar-refractivity contribution in [3.8, 4) is 11.1 Å². The Hall–Kier alpha value is -2.89. The lowest BCUT2D eigenvalue weighted by Crippen LogP contribution is -2.37. The minimum absolute atomic E-state index is 0.0456. The number of nitrogens with zero attached hydrogens (tertiary/aromatic N) is 3. The summed E-state index contributed by atoms with van der Waals surface area (Å²) in [4.78, 5) is 20.1. The van der Waals surface area contributed by atoms with Crippen LogP contribution in [-0.2, 0) is 17.9 Å². The molecule has 4 heterocycles. The fraction of sp³-hybridized carbons (Fsp3) is 0.200. The van der Waals surface area contributed by atoms with Gasteiger partial charge in [0.15, 0.2) is 0 Å². The molecule has 0 unspecified atom stereocenters. The maximum Gasteiger partial charge on any atom is 0.246 e. The van der Waals surface area contributed by atoms with E-state index in [9.17, 15) is 4.79 Å². The fourth-order valence-corrected chi connectivity index (χ4v) is 5.93. The van der Waals surface area contributed by atoms with E-state index in [1.165, 1.54) is 22.8 Å². The van der Waals surface area contributed by atoms with Gasteiger partial charge < -0.3 is 9.47 Å². The summed E-state index contributed by atoms with van der Waals surface area (Å²) in [6, 6.07) is 14.6. The third-order valence-electron chi connectivity index (χ3n) is 6.01. The smallest absolute Gasteiger partial charge is 0.246 e. The van der Waals surface area contributed by atoms with Gasteiger partial charge in [-0.15, -0.1) is 11.3 Å². The summed E-state index contributed by atoms with van der Waals surface area (Å²) in [7, 11) is 0. The van der Waals surface area contributed by atoms with E-state index in [1.807, 2.05) is 17.2 Å². The number of carbonyl (C=O) groups excluding carboxylic acids is 1. The quantitative estimate of drug-likeness (QED) is 0.354. The Kier molecular flexibility index (Phi) is 5.16. The first-order valence-electron chi connectivity index (χ1n) is 10.3. The largest absolute Gasteiger partial charge is 0.333 e. The van der Waals surface area contributed by atoms with Crippen molar-refractivity contribution < 1.29 is 4.79 Å². The fourth-order valence-electron chi connectivity index (χ4n) is 4.57. The molecule has 1 amide bonds. The summed E-state index contributed by atoms with van der Waals surface area (Å²) in [5.41, 5.74) is 5.72. The molecule has 0 saturated carbocycles. The Morgan fingerprint density at radius 3 is 2.90 bits per heavy atom. The van der Waals surface area contributed by atoms with E-state index in [-0.39, 0.29) is 11.8 Å². The van der Waals surface area contributed by atoms with Crippen LogP contribution in [-0.4, -0.2) is 26.9 Å². The predicted molar refractivity (Wildman–Crippen MR) is 128 cm³/mol. The lowest BCUT2D eigenvalue weighted by molar-refractivity contribution is -0.127. The van der Waals surface area contributed by atoms with Crippen LogP contribution in [0.15, 0.2) is 67.5 Å². The second-order valence-corrected chi connectivity index (χ2v) is 9.46. The molecule has 6 heteroatoms. The molecular weight excluding hydrogens is 426 g/mol. The first kappa shape index (κ1) is 20.0. The molecule has 1 atom stereocenters. The van der Waals surface area contributed by atoms with Crippen molar-refractivity contribution in [3.63, 3.8) is 0 Å². The van der Waals surface area contributed by atoms with Crippen LogP contribution in [0.4, 0.5) is 0 Å². The SMILES string of the molecule is C=CC(=O)N1Cc2sc(Cl)cc2[C@H](c2ccccc2-c2cn(CC)c3ncccc23)C1. The predicted octanol–water partition coefficient (Wildman–Crippen LogP) is 6.10. The van der Waals surface area contributed by atoms with Gasteiger partial charge in [-0.25, -0.2) is 4.98 Å². The molecular formula is C25H22ClN3OS. The van der Waals surface area contributed by atoms with Crippen LogP contribution in [0.3, 0.4) is 0 Å². The molecule has 4 aromatic rings. The number of fused-ring (bicyclic) bond motifs is 2. The molecule has 1 aliphatic heterocycles. The van der Waals surface area contributed by atoms with Crippen molar-refractivity contribution in [1.82, 2.24) is 14.5 Å². The highest BCUT2D eigenvalue weighted by molar-refractivity contribution is 7.16. The van der Waals surface area contributed by atoms with E-state index < -0.39 is 0 Å². The Morgan fingerprint density at radius 2 is 2.10 bits per heavy atom. The molecule has 0 radical (unpaired) electrons. The number of carbonyl (C=O) groups is 1. The van der Waals surface area contributed by atoms with Crippen LogP contribution in [0, 0.1) is 0 Å². The number of hydrogen-bond acceptors (Lipinski definition) is 3. The highest BCUT2D eigenvalue weighted by Crippen LogP contribution is 2.44. The van der Waals surface area contributed by atoms with Gasteiger partial charge in [-0.2, -0.15) is 0 Å². The second-order valence-electron chi connectivity index (χ2n) is 7.70. The molecule has 0 N–H and O–H groups in total. The van der Waals surface area contributed by atoms with Crippen molar-refractivity contribution in [1.29, 1.82) is 0 Å². The van der Waals surface area contributed by atoms with E-state index in [2.05, 4.69) is 65.6 Å².